The van der Waals surface area contributed by atoms with Crippen molar-refractivity contribution in [2.24, 2.45) is 7.05 Å². The average Bonchev–Trinajstić information content (AvgIpc) is 2.79. The first-order valence-electron chi connectivity index (χ1n) is 10.0. The van der Waals surface area contributed by atoms with Gasteiger partial charge in [0.25, 0.3) is 11.5 Å². The minimum absolute atomic E-state index is 0.123. The molecule has 5 nitrogen and oxygen atoms in total. The van der Waals surface area contributed by atoms with Crippen molar-refractivity contribution in [1.82, 2.24) is 14.5 Å². The van der Waals surface area contributed by atoms with Gasteiger partial charge in [-0.3, -0.25) is 14.2 Å². The Labute approximate surface area is 189 Å². The van der Waals surface area contributed by atoms with E-state index in [2.05, 4.69) is 15.9 Å². The Balaban J connectivity index is 1.81. The van der Waals surface area contributed by atoms with Gasteiger partial charge in [-0.15, -0.1) is 0 Å². The van der Waals surface area contributed by atoms with Crippen LogP contribution in [0.25, 0.3) is 10.9 Å². The average molecular weight is 476 g/mol. The smallest absolute Gasteiger partial charge is 0.261 e. The molecule has 0 N–H and O–H groups in total. The summed E-state index contributed by atoms with van der Waals surface area (Å²) >= 11 is 3.45. The summed E-state index contributed by atoms with van der Waals surface area (Å²) in [5.41, 5.74) is 2.08. The van der Waals surface area contributed by atoms with Crippen LogP contribution in [0.1, 0.15) is 34.7 Å². The number of para-hydroxylation sites is 1. The van der Waals surface area contributed by atoms with Crippen LogP contribution in [-0.2, 0) is 13.6 Å². The molecule has 0 spiro atoms. The third-order valence-electron chi connectivity index (χ3n) is 5.39. The van der Waals surface area contributed by atoms with Crippen molar-refractivity contribution in [2.45, 2.75) is 19.5 Å². The molecular weight excluding hydrogens is 454 g/mol. The quantitative estimate of drug-likeness (QED) is 0.403. The normalized spacial score (nSPS) is 12.0. The number of halogens is 1. The van der Waals surface area contributed by atoms with E-state index in [9.17, 15) is 9.59 Å². The number of hydrogen-bond acceptors (Lipinski definition) is 3. The molecule has 0 bridgehead atoms. The lowest BCUT2D eigenvalue weighted by Gasteiger charge is -2.30. The van der Waals surface area contributed by atoms with E-state index >= 15 is 0 Å². The SMILES string of the molecule is CC(c1nc2ccccc2c(=O)n1C)N(Cc1ccccc1)C(=O)c1cccc(Br)c1. The molecule has 0 saturated heterocycles. The Morgan fingerprint density at radius 3 is 2.48 bits per heavy atom. The van der Waals surface area contributed by atoms with Crippen LogP contribution in [0.2, 0.25) is 0 Å². The zero-order valence-corrected chi connectivity index (χ0v) is 18.9. The van der Waals surface area contributed by atoms with E-state index in [1.165, 1.54) is 0 Å². The molecule has 156 valence electrons. The highest BCUT2D eigenvalue weighted by Gasteiger charge is 2.26. The Kier molecular flexibility index (Phi) is 6.00. The number of aromatic nitrogens is 2. The minimum Gasteiger partial charge on any atom is -0.324 e. The fraction of sp³-hybridized carbons (Fsp3) is 0.160. The van der Waals surface area contributed by atoms with Gasteiger partial charge in [0.2, 0.25) is 0 Å². The maximum Gasteiger partial charge on any atom is 0.261 e. The molecule has 0 saturated carbocycles. The molecule has 1 amide bonds. The Hall–Kier alpha value is -3.25. The number of rotatable bonds is 5. The molecule has 4 rings (SSSR count). The number of benzene rings is 3. The minimum atomic E-state index is -0.422. The molecule has 1 heterocycles. The van der Waals surface area contributed by atoms with Gasteiger partial charge in [-0.05, 0) is 42.8 Å². The second kappa shape index (κ2) is 8.86. The highest BCUT2D eigenvalue weighted by molar-refractivity contribution is 9.10. The Morgan fingerprint density at radius 1 is 1.03 bits per heavy atom. The van der Waals surface area contributed by atoms with E-state index in [1.54, 1.807) is 34.7 Å². The summed E-state index contributed by atoms with van der Waals surface area (Å²) in [7, 11) is 1.71. The Bertz CT molecular complexity index is 1300. The predicted octanol–water partition coefficient (Wildman–Crippen LogP) is 5.10. The first-order chi connectivity index (χ1) is 15.0. The van der Waals surface area contributed by atoms with Crippen molar-refractivity contribution in [3.05, 3.63) is 111 Å². The molecule has 0 fully saturated rings. The molecule has 1 unspecified atom stereocenters. The number of amides is 1. The van der Waals surface area contributed by atoms with E-state index in [-0.39, 0.29) is 11.5 Å². The number of carbonyl (C=O) groups excluding carboxylic acids is 1. The molecule has 31 heavy (non-hydrogen) atoms. The summed E-state index contributed by atoms with van der Waals surface area (Å²) < 4.78 is 2.38. The first kappa shape index (κ1) is 21.0. The zero-order valence-electron chi connectivity index (χ0n) is 17.3. The highest BCUT2D eigenvalue weighted by Crippen LogP contribution is 2.25. The van der Waals surface area contributed by atoms with Gasteiger partial charge in [-0.2, -0.15) is 0 Å². The lowest BCUT2D eigenvalue weighted by atomic mass is 10.1. The lowest BCUT2D eigenvalue weighted by molar-refractivity contribution is 0.0662. The molecule has 6 heteroatoms. The highest BCUT2D eigenvalue weighted by atomic mass is 79.9. The molecular formula is C25H22BrN3O2. The summed E-state index contributed by atoms with van der Waals surface area (Å²) in [5.74, 6) is 0.419. The van der Waals surface area contributed by atoms with Crippen LogP contribution in [-0.4, -0.2) is 20.4 Å². The van der Waals surface area contributed by atoms with E-state index in [4.69, 9.17) is 4.98 Å². The first-order valence-corrected chi connectivity index (χ1v) is 10.8. The van der Waals surface area contributed by atoms with E-state index < -0.39 is 6.04 Å². The molecule has 0 aliphatic carbocycles. The number of nitrogens with zero attached hydrogens (tertiary/aromatic N) is 3. The van der Waals surface area contributed by atoms with Crippen molar-refractivity contribution in [3.8, 4) is 0 Å². The van der Waals surface area contributed by atoms with Crippen LogP contribution in [0.3, 0.4) is 0 Å². The van der Waals surface area contributed by atoms with Gasteiger partial charge < -0.3 is 4.90 Å². The second-order valence-electron chi connectivity index (χ2n) is 7.46. The second-order valence-corrected chi connectivity index (χ2v) is 8.37. The third kappa shape index (κ3) is 4.30. The predicted molar refractivity (Wildman–Crippen MR) is 126 cm³/mol. The Morgan fingerprint density at radius 2 is 1.74 bits per heavy atom. The van der Waals surface area contributed by atoms with Crippen LogP contribution >= 0.6 is 15.9 Å². The monoisotopic (exact) mass is 475 g/mol. The maximum absolute atomic E-state index is 13.6. The van der Waals surface area contributed by atoms with Crippen molar-refractivity contribution in [3.63, 3.8) is 0 Å². The summed E-state index contributed by atoms with van der Waals surface area (Å²) in [6.07, 6.45) is 0. The van der Waals surface area contributed by atoms with Crippen LogP contribution < -0.4 is 5.56 Å². The zero-order chi connectivity index (χ0) is 22.0. The molecule has 1 atom stereocenters. The fourth-order valence-electron chi connectivity index (χ4n) is 3.70. The van der Waals surface area contributed by atoms with Crippen LogP contribution in [0.15, 0.2) is 88.1 Å². The summed E-state index contributed by atoms with van der Waals surface area (Å²) in [6.45, 7) is 2.31. The lowest BCUT2D eigenvalue weighted by Crippen LogP contribution is -2.36. The van der Waals surface area contributed by atoms with E-state index in [0.29, 0.717) is 28.8 Å². The van der Waals surface area contributed by atoms with Gasteiger partial charge in [0, 0.05) is 23.6 Å². The van der Waals surface area contributed by atoms with Crippen LogP contribution in [0.5, 0.6) is 0 Å². The van der Waals surface area contributed by atoms with Gasteiger partial charge in [0.05, 0.1) is 16.9 Å². The molecule has 4 aromatic rings. The standard InChI is InChI=1S/C25H22BrN3O2/c1-17(23-27-22-14-7-6-13-21(22)25(31)28(23)2)29(16-18-9-4-3-5-10-18)24(30)19-11-8-12-20(26)15-19/h3-15,17H,16H2,1-2H3. The van der Waals surface area contributed by atoms with Crippen molar-refractivity contribution >= 4 is 32.7 Å². The van der Waals surface area contributed by atoms with E-state index in [1.807, 2.05) is 67.6 Å². The van der Waals surface area contributed by atoms with Gasteiger partial charge >= 0.3 is 0 Å². The van der Waals surface area contributed by atoms with Crippen molar-refractivity contribution in [1.29, 1.82) is 0 Å². The molecule has 0 radical (unpaired) electrons. The molecule has 0 aliphatic heterocycles. The fourth-order valence-corrected chi connectivity index (χ4v) is 4.10. The van der Waals surface area contributed by atoms with Crippen LogP contribution in [0.4, 0.5) is 0 Å². The summed E-state index contributed by atoms with van der Waals surface area (Å²) in [6, 6.07) is 24.0. The van der Waals surface area contributed by atoms with Crippen molar-refractivity contribution in [2.75, 3.05) is 0 Å². The number of hydrogen-bond donors (Lipinski definition) is 0. The van der Waals surface area contributed by atoms with Gasteiger partial charge in [0.1, 0.15) is 5.82 Å². The molecule has 0 aliphatic rings. The third-order valence-corrected chi connectivity index (χ3v) is 5.88. The largest absolute Gasteiger partial charge is 0.324 e. The van der Waals surface area contributed by atoms with Gasteiger partial charge in [-0.25, -0.2) is 4.98 Å². The van der Waals surface area contributed by atoms with Gasteiger partial charge in [-0.1, -0.05) is 64.5 Å². The maximum atomic E-state index is 13.6. The van der Waals surface area contributed by atoms with Crippen LogP contribution in [0, 0.1) is 0 Å². The van der Waals surface area contributed by atoms with Gasteiger partial charge in [0.15, 0.2) is 0 Å². The number of carbonyl (C=O) groups is 1. The summed E-state index contributed by atoms with van der Waals surface area (Å²) in [5, 5.41) is 0.564. The number of fused-ring (bicyclic) bond motifs is 1. The molecule has 1 aromatic heterocycles. The van der Waals surface area contributed by atoms with Crippen molar-refractivity contribution < 1.29 is 4.79 Å². The molecule has 3 aromatic carbocycles. The van der Waals surface area contributed by atoms with E-state index in [0.717, 1.165) is 10.0 Å². The summed E-state index contributed by atoms with van der Waals surface area (Å²) in [4.78, 5) is 33.0. The topological polar surface area (TPSA) is 55.2 Å².